The molecule has 1 saturated carbocycles. The Kier molecular flexibility index (Phi) is 4.45. The smallest absolute Gasteiger partial charge is 0.329 e. The number of rotatable bonds is 5. The molecule has 1 aliphatic carbocycles. The Hall–Kier alpha value is -1.10. The zero-order valence-electron chi connectivity index (χ0n) is 11.7. The van der Waals surface area contributed by atoms with E-state index in [4.69, 9.17) is 0 Å². The molecule has 1 unspecified atom stereocenters. The van der Waals surface area contributed by atoms with Crippen molar-refractivity contribution in [3.8, 4) is 0 Å². The standard InChI is InChI=1S/C14H24N2O3/c1-2-14(13(18)19)8-5-9-16(14)12(17)10-15-11-6-3-4-7-11/h11,15H,2-10H2,1H3,(H,18,19). The maximum atomic E-state index is 12.3. The van der Waals surface area contributed by atoms with Gasteiger partial charge in [-0.15, -0.1) is 0 Å². The summed E-state index contributed by atoms with van der Waals surface area (Å²) in [5.41, 5.74) is -0.964. The van der Waals surface area contributed by atoms with Crippen LogP contribution in [0, 0.1) is 0 Å². The van der Waals surface area contributed by atoms with Gasteiger partial charge in [0, 0.05) is 12.6 Å². The van der Waals surface area contributed by atoms with Gasteiger partial charge in [-0.2, -0.15) is 0 Å². The summed E-state index contributed by atoms with van der Waals surface area (Å²) in [4.78, 5) is 25.4. The highest BCUT2D eigenvalue weighted by atomic mass is 16.4. The number of carboxylic acid groups (broad SMARTS) is 1. The van der Waals surface area contributed by atoms with Crippen molar-refractivity contribution in [2.45, 2.75) is 63.5 Å². The fourth-order valence-electron chi connectivity index (χ4n) is 3.44. The molecule has 0 aromatic rings. The van der Waals surface area contributed by atoms with Crippen LogP contribution in [0.25, 0.3) is 0 Å². The van der Waals surface area contributed by atoms with Crippen LogP contribution in [0.2, 0.25) is 0 Å². The predicted octanol–water partition coefficient (Wildman–Crippen LogP) is 1.37. The van der Waals surface area contributed by atoms with E-state index in [2.05, 4.69) is 5.32 Å². The second-order valence-corrected chi connectivity index (χ2v) is 5.70. The molecule has 1 amide bonds. The normalized spacial score (nSPS) is 27.9. The molecule has 1 atom stereocenters. The monoisotopic (exact) mass is 268 g/mol. The minimum atomic E-state index is -0.964. The largest absolute Gasteiger partial charge is 0.479 e. The lowest BCUT2D eigenvalue weighted by atomic mass is 9.93. The lowest BCUT2D eigenvalue weighted by molar-refractivity contribution is -0.156. The van der Waals surface area contributed by atoms with Gasteiger partial charge in [-0.25, -0.2) is 4.79 Å². The van der Waals surface area contributed by atoms with Gasteiger partial charge in [0.2, 0.25) is 5.91 Å². The molecular weight excluding hydrogens is 244 g/mol. The number of amides is 1. The highest BCUT2D eigenvalue weighted by molar-refractivity contribution is 5.88. The van der Waals surface area contributed by atoms with Crippen molar-refractivity contribution in [1.29, 1.82) is 0 Å². The van der Waals surface area contributed by atoms with Gasteiger partial charge in [0.15, 0.2) is 0 Å². The summed E-state index contributed by atoms with van der Waals surface area (Å²) in [6.07, 6.45) is 6.56. The van der Waals surface area contributed by atoms with E-state index in [1.807, 2.05) is 6.92 Å². The summed E-state index contributed by atoms with van der Waals surface area (Å²) in [5, 5.41) is 12.7. The van der Waals surface area contributed by atoms with Crippen LogP contribution >= 0.6 is 0 Å². The third-order valence-corrected chi connectivity index (χ3v) is 4.67. The van der Waals surface area contributed by atoms with Crippen molar-refractivity contribution in [3.63, 3.8) is 0 Å². The Morgan fingerprint density at radius 2 is 2.00 bits per heavy atom. The summed E-state index contributed by atoms with van der Waals surface area (Å²) in [5.74, 6) is -0.921. The van der Waals surface area contributed by atoms with Crippen molar-refractivity contribution in [2.75, 3.05) is 13.1 Å². The summed E-state index contributed by atoms with van der Waals surface area (Å²) < 4.78 is 0. The summed E-state index contributed by atoms with van der Waals surface area (Å²) in [7, 11) is 0. The van der Waals surface area contributed by atoms with Crippen LogP contribution < -0.4 is 5.32 Å². The molecule has 1 saturated heterocycles. The molecule has 1 aliphatic heterocycles. The zero-order chi connectivity index (χ0) is 13.9. The van der Waals surface area contributed by atoms with E-state index in [0.717, 1.165) is 19.3 Å². The van der Waals surface area contributed by atoms with E-state index in [1.54, 1.807) is 4.90 Å². The first-order valence-corrected chi connectivity index (χ1v) is 7.37. The highest BCUT2D eigenvalue weighted by Crippen LogP contribution is 2.32. The first-order valence-electron chi connectivity index (χ1n) is 7.37. The molecule has 0 bridgehead atoms. The van der Waals surface area contributed by atoms with Gasteiger partial charge in [-0.3, -0.25) is 4.79 Å². The number of aliphatic carboxylic acids is 1. The molecule has 0 spiro atoms. The second kappa shape index (κ2) is 5.90. The number of nitrogens with one attached hydrogen (secondary N) is 1. The molecule has 19 heavy (non-hydrogen) atoms. The summed E-state index contributed by atoms with van der Waals surface area (Å²) >= 11 is 0. The SMILES string of the molecule is CCC1(C(=O)O)CCCN1C(=O)CNC1CCCC1. The van der Waals surface area contributed by atoms with E-state index in [1.165, 1.54) is 12.8 Å². The average Bonchev–Trinajstić information content (AvgIpc) is 3.05. The van der Waals surface area contributed by atoms with Gasteiger partial charge in [-0.05, 0) is 32.1 Å². The van der Waals surface area contributed by atoms with Gasteiger partial charge in [-0.1, -0.05) is 19.8 Å². The minimum absolute atomic E-state index is 0.0614. The maximum Gasteiger partial charge on any atom is 0.329 e. The van der Waals surface area contributed by atoms with Crippen molar-refractivity contribution in [3.05, 3.63) is 0 Å². The topological polar surface area (TPSA) is 69.6 Å². The Morgan fingerprint density at radius 3 is 2.58 bits per heavy atom. The number of carbonyl (C=O) groups is 2. The van der Waals surface area contributed by atoms with E-state index >= 15 is 0 Å². The van der Waals surface area contributed by atoms with Crippen LogP contribution in [0.5, 0.6) is 0 Å². The number of nitrogens with zero attached hydrogens (tertiary/aromatic N) is 1. The van der Waals surface area contributed by atoms with Gasteiger partial charge >= 0.3 is 5.97 Å². The highest BCUT2D eigenvalue weighted by Gasteiger charge is 2.48. The van der Waals surface area contributed by atoms with E-state index in [-0.39, 0.29) is 12.5 Å². The molecule has 2 aliphatic rings. The van der Waals surface area contributed by atoms with E-state index in [9.17, 15) is 14.7 Å². The molecule has 0 aromatic heterocycles. The van der Waals surface area contributed by atoms with Crippen molar-refractivity contribution in [1.82, 2.24) is 10.2 Å². The lowest BCUT2D eigenvalue weighted by Gasteiger charge is -2.34. The lowest BCUT2D eigenvalue weighted by Crippen LogP contribution is -2.55. The van der Waals surface area contributed by atoms with Crippen LogP contribution in [0.4, 0.5) is 0 Å². The first-order chi connectivity index (χ1) is 9.10. The number of carbonyl (C=O) groups excluding carboxylic acids is 1. The molecule has 5 heteroatoms. The number of carboxylic acids is 1. The third-order valence-electron chi connectivity index (χ3n) is 4.67. The Balaban J connectivity index is 1.95. The van der Waals surface area contributed by atoms with Gasteiger partial charge in [0.1, 0.15) is 5.54 Å². The Bertz CT molecular complexity index is 353. The quantitative estimate of drug-likeness (QED) is 0.790. The molecule has 0 aromatic carbocycles. The predicted molar refractivity (Wildman–Crippen MR) is 71.9 cm³/mol. The zero-order valence-corrected chi connectivity index (χ0v) is 11.7. The molecule has 5 nitrogen and oxygen atoms in total. The van der Waals surface area contributed by atoms with Crippen molar-refractivity contribution < 1.29 is 14.7 Å². The number of likely N-dealkylation sites (tertiary alicyclic amines) is 1. The molecule has 108 valence electrons. The van der Waals surface area contributed by atoms with E-state index < -0.39 is 11.5 Å². The number of hydrogen-bond acceptors (Lipinski definition) is 3. The molecule has 0 radical (unpaired) electrons. The minimum Gasteiger partial charge on any atom is -0.479 e. The van der Waals surface area contributed by atoms with Crippen LogP contribution in [0.1, 0.15) is 51.9 Å². The summed E-state index contributed by atoms with van der Waals surface area (Å²) in [6.45, 7) is 2.70. The van der Waals surface area contributed by atoms with Crippen LogP contribution in [-0.2, 0) is 9.59 Å². The van der Waals surface area contributed by atoms with Crippen LogP contribution in [-0.4, -0.2) is 46.6 Å². The molecular formula is C14H24N2O3. The Morgan fingerprint density at radius 1 is 1.32 bits per heavy atom. The summed E-state index contributed by atoms with van der Waals surface area (Å²) in [6, 6.07) is 0.437. The van der Waals surface area contributed by atoms with E-state index in [0.29, 0.717) is 25.4 Å². The van der Waals surface area contributed by atoms with Crippen molar-refractivity contribution in [2.24, 2.45) is 0 Å². The second-order valence-electron chi connectivity index (χ2n) is 5.70. The third kappa shape index (κ3) is 2.76. The fraction of sp³-hybridized carbons (Fsp3) is 0.857. The average molecular weight is 268 g/mol. The van der Waals surface area contributed by atoms with Gasteiger partial charge < -0.3 is 15.3 Å². The first kappa shape index (κ1) is 14.3. The van der Waals surface area contributed by atoms with Crippen LogP contribution in [0.15, 0.2) is 0 Å². The molecule has 2 N–H and O–H groups in total. The molecule has 1 heterocycles. The molecule has 2 rings (SSSR count). The van der Waals surface area contributed by atoms with Crippen LogP contribution in [0.3, 0.4) is 0 Å². The van der Waals surface area contributed by atoms with Crippen molar-refractivity contribution >= 4 is 11.9 Å². The Labute approximate surface area is 114 Å². The van der Waals surface area contributed by atoms with Gasteiger partial charge in [0.25, 0.3) is 0 Å². The number of hydrogen-bond donors (Lipinski definition) is 2. The van der Waals surface area contributed by atoms with Gasteiger partial charge in [0.05, 0.1) is 6.54 Å². The fourth-order valence-corrected chi connectivity index (χ4v) is 3.44. The molecule has 2 fully saturated rings. The maximum absolute atomic E-state index is 12.3.